The molecule has 1 atom stereocenters. The van der Waals surface area contributed by atoms with Crippen molar-refractivity contribution in [3.05, 3.63) is 83.4 Å². The van der Waals surface area contributed by atoms with Crippen LogP contribution in [0.1, 0.15) is 55.6 Å². The Morgan fingerprint density at radius 1 is 0.896 bits per heavy atom. The quantitative estimate of drug-likeness (QED) is 0.157. The van der Waals surface area contributed by atoms with Gasteiger partial charge in [-0.25, -0.2) is 9.78 Å². The van der Waals surface area contributed by atoms with Crippen LogP contribution in [0, 0.1) is 11.8 Å². The van der Waals surface area contributed by atoms with Gasteiger partial charge in [-0.05, 0) is 55.3 Å². The second-order valence-electron chi connectivity index (χ2n) is 11.5. The highest BCUT2D eigenvalue weighted by Gasteiger charge is 2.22. The number of unbranched alkanes of at least 4 members (excludes halogenated alkanes) is 1. The largest absolute Gasteiger partial charge is 0.453 e. The van der Waals surface area contributed by atoms with Crippen LogP contribution in [0.5, 0.6) is 0 Å². The molecule has 3 aromatic rings. The minimum Gasteiger partial charge on any atom is -0.453 e. The lowest BCUT2D eigenvalue weighted by Crippen LogP contribution is -2.49. The summed E-state index contributed by atoms with van der Waals surface area (Å²) in [6, 6.07) is 16.0. The van der Waals surface area contributed by atoms with E-state index in [1.54, 1.807) is 18.1 Å². The third kappa shape index (κ3) is 10.4. The van der Waals surface area contributed by atoms with E-state index in [4.69, 9.17) is 0 Å². The van der Waals surface area contributed by atoms with E-state index >= 15 is 0 Å². The molecule has 0 spiro atoms. The number of benzene rings is 2. The first kappa shape index (κ1) is 35.6. The molecule has 1 aliphatic heterocycles. The summed E-state index contributed by atoms with van der Waals surface area (Å²) < 4.78 is 4.55. The molecular weight excluding hydrogens is 608 g/mol. The molecule has 2 heterocycles. The maximum Gasteiger partial charge on any atom is 0.407 e. The average Bonchev–Trinajstić information content (AvgIpc) is 3.78. The van der Waals surface area contributed by atoms with Gasteiger partial charge in [-0.3, -0.25) is 9.59 Å². The van der Waals surface area contributed by atoms with Crippen LogP contribution >= 0.6 is 0 Å². The zero-order chi connectivity index (χ0) is 34.3. The molecule has 5 N–H and O–H groups in total. The average molecular weight is 655 g/mol. The molecule has 12 heteroatoms. The van der Waals surface area contributed by atoms with Crippen molar-refractivity contribution in [2.24, 2.45) is 0 Å². The molecule has 3 amide bonds. The van der Waals surface area contributed by atoms with E-state index < -0.39 is 6.09 Å². The number of nitrogens with one attached hydrogen (secondary N) is 5. The predicted octanol–water partition coefficient (Wildman–Crippen LogP) is 3.24. The number of aromatic nitrogens is 2. The van der Waals surface area contributed by atoms with Crippen LogP contribution in [0.15, 0.2) is 60.9 Å². The fourth-order valence-electron chi connectivity index (χ4n) is 5.14. The number of imidazole rings is 1. The number of aromatic amines is 1. The monoisotopic (exact) mass is 654 g/mol. The van der Waals surface area contributed by atoms with Gasteiger partial charge in [0, 0.05) is 30.4 Å². The van der Waals surface area contributed by atoms with Crippen molar-refractivity contribution in [2.75, 3.05) is 46.9 Å². The van der Waals surface area contributed by atoms with Crippen molar-refractivity contribution in [2.45, 2.75) is 45.8 Å². The van der Waals surface area contributed by atoms with Gasteiger partial charge in [-0.1, -0.05) is 56.4 Å². The third-order valence-corrected chi connectivity index (χ3v) is 7.75. The minimum atomic E-state index is -0.631. The van der Waals surface area contributed by atoms with Gasteiger partial charge in [0.15, 0.2) is 0 Å². The number of ether oxygens (including phenoxy) is 1. The summed E-state index contributed by atoms with van der Waals surface area (Å²) in [6.45, 7) is 6.48. The molecule has 254 valence electrons. The van der Waals surface area contributed by atoms with Gasteiger partial charge in [0.05, 0.1) is 44.3 Å². The molecule has 1 aromatic heterocycles. The lowest BCUT2D eigenvalue weighted by atomic mass is 10.1. The molecule has 12 nitrogen and oxygen atoms in total. The first-order valence-corrected chi connectivity index (χ1v) is 16.3. The van der Waals surface area contributed by atoms with Crippen LogP contribution in [0.2, 0.25) is 0 Å². The zero-order valence-electron chi connectivity index (χ0n) is 28.2. The Kier molecular flexibility index (Phi) is 13.5. The molecule has 0 aliphatic carbocycles. The molecule has 0 saturated heterocycles. The topological polar surface area (TPSA) is 144 Å². The summed E-state index contributed by atoms with van der Waals surface area (Å²) in [4.78, 5) is 47.9. The Hall–Kier alpha value is -5.28. The van der Waals surface area contributed by atoms with E-state index in [2.05, 4.69) is 54.7 Å². The van der Waals surface area contributed by atoms with Crippen molar-refractivity contribution in [1.82, 2.24) is 41.0 Å². The summed E-state index contributed by atoms with van der Waals surface area (Å²) in [6.07, 6.45) is 5.69. The molecular formula is C36H46N8O4. The van der Waals surface area contributed by atoms with E-state index in [0.29, 0.717) is 32.7 Å². The van der Waals surface area contributed by atoms with Crippen LogP contribution < -0.4 is 21.3 Å². The number of alkyl carbamates (subject to hydrolysis) is 1. The lowest BCUT2D eigenvalue weighted by Gasteiger charge is -2.26. The zero-order valence-corrected chi connectivity index (χ0v) is 28.2. The number of hydrogen-bond donors (Lipinski definition) is 5. The van der Waals surface area contributed by atoms with Crippen LogP contribution in [0.3, 0.4) is 0 Å². The maximum absolute atomic E-state index is 12.6. The maximum atomic E-state index is 12.6. The van der Waals surface area contributed by atoms with E-state index in [1.807, 2.05) is 66.6 Å². The smallest absolute Gasteiger partial charge is 0.407 e. The van der Waals surface area contributed by atoms with Crippen molar-refractivity contribution in [3.8, 4) is 23.1 Å². The fourth-order valence-corrected chi connectivity index (χ4v) is 5.14. The van der Waals surface area contributed by atoms with E-state index in [9.17, 15) is 14.4 Å². The number of nitrogens with zero attached hydrogens (tertiary/aromatic N) is 3. The summed E-state index contributed by atoms with van der Waals surface area (Å²) in [5, 5.41) is 12.1. The number of rotatable bonds is 15. The molecule has 0 radical (unpaired) electrons. The highest BCUT2D eigenvalue weighted by molar-refractivity contribution is 5.82. The number of carbonyl (C=O) groups is 3. The van der Waals surface area contributed by atoms with Crippen molar-refractivity contribution >= 4 is 23.6 Å². The number of amides is 3. The first-order valence-electron chi connectivity index (χ1n) is 16.3. The molecule has 48 heavy (non-hydrogen) atoms. The van der Waals surface area contributed by atoms with Gasteiger partial charge in [-0.15, -0.1) is 0 Å². The van der Waals surface area contributed by atoms with Gasteiger partial charge in [0.25, 0.3) is 0 Å². The Morgan fingerprint density at radius 2 is 1.56 bits per heavy atom. The number of methoxy groups -OCH3 is 1. The van der Waals surface area contributed by atoms with Crippen molar-refractivity contribution in [1.29, 1.82) is 0 Å². The first-order chi connectivity index (χ1) is 23.3. The van der Waals surface area contributed by atoms with Crippen molar-refractivity contribution in [3.63, 3.8) is 0 Å². The van der Waals surface area contributed by atoms with Crippen molar-refractivity contribution < 1.29 is 19.1 Å². The standard InChI is InChI=1S/C36H46N8O4/c1-5-7-19-44(34(45)22-37-3)25-33-39-21-31(42-33)29-16-12-27(13-17-29)9-8-26-10-14-28(15-11-26)30-20-38-32(41-30)24-43(18-6-2)35(46)23-40-36(47)48-4/h10-17,20-21,32,37-38,41H,5-7,18-19,22-25H2,1-4H3,(H,39,42)(H,40,47). The Bertz CT molecular complexity index is 1610. The molecule has 1 aliphatic rings. The number of H-pyrrole nitrogens is 1. The normalized spacial score (nSPS) is 13.3. The SMILES string of the molecule is CCCCN(Cc1ncc(-c2ccc(C#Cc3ccc(C4=CNC(CN(CCC)C(=O)CNC(=O)OC)N4)cc3)cc2)[nH]1)C(=O)CNC. The Balaban J connectivity index is 1.30. The van der Waals surface area contributed by atoms with Gasteiger partial charge >= 0.3 is 6.09 Å². The minimum absolute atomic E-state index is 0.0620. The number of hydrogen-bond acceptors (Lipinski definition) is 8. The molecule has 2 aromatic carbocycles. The highest BCUT2D eigenvalue weighted by Crippen LogP contribution is 2.19. The number of carbonyl (C=O) groups excluding carboxylic acids is 3. The molecule has 4 rings (SSSR count). The molecule has 0 saturated carbocycles. The summed E-state index contributed by atoms with van der Waals surface area (Å²) in [5.41, 5.74) is 5.60. The summed E-state index contributed by atoms with van der Waals surface area (Å²) in [7, 11) is 3.04. The Labute approximate surface area is 282 Å². The van der Waals surface area contributed by atoms with Crippen LogP contribution in [0.25, 0.3) is 17.0 Å². The lowest BCUT2D eigenvalue weighted by molar-refractivity contribution is -0.131. The van der Waals surface area contributed by atoms with Gasteiger partial charge in [0.1, 0.15) is 18.5 Å². The number of likely N-dealkylation sites (N-methyl/N-ethyl adjacent to an activating group) is 1. The second-order valence-corrected chi connectivity index (χ2v) is 11.5. The van der Waals surface area contributed by atoms with Gasteiger partial charge < -0.3 is 40.8 Å². The second kappa shape index (κ2) is 18.2. The molecule has 0 bridgehead atoms. The van der Waals surface area contributed by atoms with Crippen LogP contribution in [-0.4, -0.2) is 90.7 Å². The predicted molar refractivity (Wildman–Crippen MR) is 186 cm³/mol. The van der Waals surface area contributed by atoms with E-state index in [0.717, 1.165) is 58.7 Å². The van der Waals surface area contributed by atoms with E-state index in [1.165, 1.54) is 7.11 Å². The summed E-state index contributed by atoms with van der Waals surface area (Å²) in [5.74, 6) is 7.11. The van der Waals surface area contributed by atoms with Crippen LogP contribution in [-0.2, 0) is 20.9 Å². The molecule has 1 unspecified atom stereocenters. The summed E-state index contributed by atoms with van der Waals surface area (Å²) >= 11 is 0. The van der Waals surface area contributed by atoms with E-state index in [-0.39, 0.29) is 24.5 Å². The highest BCUT2D eigenvalue weighted by atomic mass is 16.5. The molecule has 0 fully saturated rings. The Morgan fingerprint density at radius 3 is 2.19 bits per heavy atom. The van der Waals surface area contributed by atoms with Gasteiger partial charge in [-0.2, -0.15) is 0 Å². The fraction of sp³-hybridized carbons (Fsp3) is 0.389. The third-order valence-electron chi connectivity index (χ3n) is 7.75. The van der Waals surface area contributed by atoms with Crippen LogP contribution in [0.4, 0.5) is 4.79 Å². The van der Waals surface area contributed by atoms with Gasteiger partial charge in [0.2, 0.25) is 11.8 Å².